The van der Waals surface area contributed by atoms with Crippen molar-refractivity contribution < 1.29 is 5.11 Å². The molecule has 0 aromatic carbocycles. The molecule has 1 fully saturated rings. The molecule has 3 heteroatoms. The van der Waals surface area contributed by atoms with Crippen molar-refractivity contribution in [3.8, 4) is 0 Å². The number of rotatable bonds is 3. The summed E-state index contributed by atoms with van der Waals surface area (Å²) in [5, 5.41) is 10.3. The molecule has 0 spiro atoms. The van der Waals surface area contributed by atoms with Gasteiger partial charge in [-0.1, -0.05) is 13.3 Å². The van der Waals surface area contributed by atoms with E-state index in [0.717, 1.165) is 21.5 Å². The smallest absolute Gasteiger partial charge is 0.102 e. The second-order valence-electron chi connectivity index (χ2n) is 4.18. The predicted octanol–water partition coefficient (Wildman–Crippen LogP) is 3.83. The molecular weight excluding hydrogens is 260 g/mol. The zero-order valence-electron chi connectivity index (χ0n) is 8.51. The van der Waals surface area contributed by atoms with E-state index >= 15 is 0 Å². The van der Waals surface area contributed by atoms with E-state index in [1.807, 2.05) is 0 Å². The summed E-state index contributed by atoms with van der Waals surface area (Å²) >= 11 is 5.18. The topological polar surface area (TPSA) is 20.2 Å². The maximum atomic E-state index is 10.3. The molecule has 2 atom stereocenters. The van der Waals surface area contributed by atoms with Gasteiger partial charge in [0.15, 0.2) is 0 Å². The van der Waals surface area contributed by atoms with Crippen LogP contribution in [0.25, 0.3) is 0 Å². The standard InChI is InChI=1S/C11H15BrOS/c1-3-4-8-6-11(8,13)9-5-7(2)10(12)14-9/h5,8,13H,3-4,6H2,1-2H3. The Labute approximate surface area is 97.3 Å². The highest BCUT2D eigenvalue weighted by atomic mass is 79.9. The summed E-state index contributed by atoms with van der Waals surface area (Å²) < 4.78 is 1.16. The van der Waals surface area contributed by atoms with E-state index in [9.17, 15) is 5.11 Å². The molecule has 1 heterocycles. The summed E-state index contributed by atoms with van der Waals surface area (Å²) in [6.45, 7) is 4.25. The van der Waals surface area contributed by atoms with Crippen molar-refractivity contribution >= 4 is 27.3 Å². The zero-order chi connectivity index (χ0) is 10.3. The fourth-order valence-electron chi connectivity index (χ4n) is 1.98. The van der Waals surface area contributed by atoms with E-state index in [-0.39, 0.29) is 0 Å². The molecule has 1 N–H and O–H groups in total. The lowest BCUT2D eigenvalue weighted by Crippen LogP contribution is -2.05. The van der Waals surface area contributed by atoms with Crippen LogP contribution >= 0.6 is 27.3 Å². The minimum Gasteiger partial charge on any atom is -0.384 e. The lowest BCUT2D eigenvalue weighted by Gasteiger charge is -2.06. The molecule has 2 unspecified atom stereocenters. The third kappa shape index (κ3) is 1.66. The second kappa shape index (κ2) is 3.62. The molecular formula is C11H15BrOS. The molecule has 0 saturated heterocycles. The SMILES string of the molecule is CCCC1CC1(O)c1cc(C)c(Br)s1. The number of hydrogen-bond donors (Lipinski definition) is 1. The normalized spacial score (nSPS) is 30.7. The van der Waals surface area contributed by atoms with Crippen molar-refractivity contribution in [2.24, 2.45) is 5.92 Å². The highest BCUT2D eigenvalue weighted by Gasteiger charge is 2.54. The van der Waals surface area contributed by atoms with Crippen molar-refractivity contribution in [3.63, 3.8) is 0 Å². The van der Waals surface area contributed by atoms with Crippen LogP contribution < -0.4 is 0 Å². The number of halogens is 1. The van der Waals surface area contributed by atoms with Crippen LogP contribution in [0.2, 0.25) is 0 Å². The Bertz CT molecular complexity index is 328. The first kappa shape index (κ1) is 10.7. The first-order valence-corrected chi connectivity index (χ1v) is 6.67. The van der Waals surface area contributed by atoms with Crippen LogP contribution in [-0.2, 0) is 5.60 Å². The molecule has 1 aliphatic rings. The maximum absolute atomic E-state index is 10.3. The predicted molar refractivity (Wildman–Crippen MR) is 63.7 cm³/mol. The Morgan fingerprint density at radius 3 is 2.93 bits per heavy atom. The van der Waals surface area contributed by atoms with Gasteiger partial charge in [0.1, 0.15) is 5.60 Å². The van der Waals surface area contributed by atoms with Gasteiger partial charge in [-0.3, -0.25) is 0 Å². The second-order valence-corrected chi connectivity index (χ2v) is 6.55. The Morgan fingerprint density at radius 1 is 1.71 bits per heavy atom. The number of hydrogen-bond acceptors (Lipinski definition) is 2. The number of aliphatic hydroxyl groups is 1. The molecule has 2 rings (SSSR count). The summed E-state index contributed by atoms with van der Waals surface area (Å²) in [7, 11) is 0. The first-order valence-electron chi connectivity index (χ1n) is 5.06. The highest BCUT2D eigenvalue weighted by Crippen LogP contribution is 2.56. The van der Waals surface area contributed by atoms with Crippen LogP contribution in [0.5, 0.6) is 0 Å². The largest absolute Gasteiger partial charge is 0.384 e. The highest BCUT2D eigenvalue weighted by molar-refractivity contribution is 9.11. The third-order valence-corrected chi connectivity index (χ3v) is 5.30. The average molecular weight is 275 g/mol. The maximum Gasteiger partial charge on any atom is 0.102 e. The summed E-state index contributed by atoms with van der Waals surface area (Å²) in [4.78, 5) is 1.14. The van der Waals surface area contributed by atoms with Gasteiger partial charge in [0.25, 0.3) is 0 Å². The van der Waals surface area contributed by atoms with E-state index in [1.165, 1.54) is 12.0 Å². The van der Waals surface area contributed by atoms with Crippen LogP contribution in [0.3, 0.4) is 0 Å². The van der Waals surface area contributed by atoms with Gasteiger partial charge < -0.3 is 5.11 Å². The number of thiophene rings is 1. The molecule has 0 radical (unpaired) electrons. The van der Waals surface area contributed by atoms with Gasteiger partial charge >= 0.3 is 0 Å². The average Bonchev–Trinajstić information content (AvgIpc) is 2.65. The Morgan fingerprint density at radius 2 is 2.43 bits per heavy atom. The molecule has 1 aliphatic carbocycles. The van der Waals surface area contributed by atoms with Crippen molar-refractivity contribution in [3.05, 3.63) is 20.3 Å². The zero-order valence-corrected chi connectivity index (χ0v) is 10.9. The molecule has 14 heavy (non-hydrogen) atoms. The van der Waals surface area contributed by atoms with Crippen LogP contribution in [0, 0.1) is 12.8 Å². The van der Waals surface area contributed by atoms with E-state index in [1.54, 1.807) is 11.3 Å². The summed E-state index contributed by atoms with van der Waals surface area (Å²) in [6.07, 6.45) is 3.26. The Balaban J connectivity index is 2.17. The summed E-state index contributed by atoms with van der Waals surface area (Å²) in [5.41, 5.74) is 0.748. The van der Waals surface area contributed by atoms with Gasteiger partial charge in [0.2, 0.25) is 0 Å². The molecule has 1 aromatic rings. The molecule has 1 aromatic heterocycles. The van der Waals surface area contributed by atoms with Gasteiger partial charge in [0.05, 0.1) is 3.79 Å². The van der Waals surface area contributed by atoms with Crippen molar-refractivity contribution in [2.45, 2.75) is 38.7 Å². The van der Waals surface area contributed by atoms with Gasteiger partial charge in [-0.25, -0.2) is 0 Å². The fraction of sp³-hybridized carbons (Fsp3) is 0.636. The van der Waals surface area contributed by atoms with Gasteiger partial charge in [0, 0.05) is 4.88 Å². The van der Waals surface area contributed by atoms with Crippen molar-refractivity contribution in [1.29, 1.82) is 0 Å². The first-order chi connectivity index (χ1) is 6.58. The Kier molecular flexibility index (Phi) is 2.75. The van der Waals surface area contributed by atoms with E-state index in [2.05, 4.69) is 35.8 Å². The van der Waals surface area contributed by atoms with Crippen LogP contribution in [0.4, 0.5) is 0 Å². The summed E-state index contributed by atoms with van der Waals surface area (Å²) in [5.74, 6) is 0.498. The van der Waals surface area contributed by atoms with Crippen LogP contribution in [0.1, 0.15) is 36.6 Å². The minimum atomic E-state index is -0.489. The lowest BCUT2D eigenvalue weighted by atomic mass is 10.1. The van der Waals surface area contributed by atoms with E-state index in [0.29, 0.717) is 5.92 Å². The van der Waals surface area contributed by atoms with Crippen LogP contribution in [0.15, 0.2) is 9.85 Å². The molecule has 0 amide bonds. The quantitative estimate of drug-likeness (QED) is 0.889. The van der Waals surface area contributed by atoms with Crippen molar-refractivity contribution in [1.82, 2.24) is 0 Å². The molecule has 78 valence electrons. The molecule has 1 saturated carbocycles. The van der Waals surface area contributed by atoms with Gasteiger partial charge in [-0.2, -0.15) is 0 Å². The molecule has 0 bridgehead atoms. The fourth-order valence-corrected chi connectivity index (χ4v) is 3.69. The lowest BCUT2D eigenvalue weighted by molar-refractivity contribution is 0.133. The van der Waals surface area contributed by atoms with E-state index < -0.39 is 5.60 Å². The van der Waals surface area contributed by atoms with Gasteiger partial charge in [-0.05, 0) is 53.2 Å². The van der Waals surface area contributed by atoms with Gasteiger partial charge in [-0.15, -0.1) is 11.3 Å². The molecule has 0 aliphatic heterocycles. The van der Waals surface area contributed by atoms with E-state index in [4.69, 9.17) is 0 Å². The monoisotopic (exact) mass is 274 g/mol. The van der Waals surface area contributed by atoms with Crippen molar-refractivity contribution in [2.75, 3.05) is 0 Å². The van der Waals surface area contributed by atoms with Crippen LogP contribution in [-0.4, -0.2) is 5.11 Å². The number of aryl methyl sites for hydroxylation is 1. The summed E-state index contributed by atoms with van der Waals surface area (Å²) in [6, 6.07) is 2.12. The Hall–Kier alpha value is 0.140. The third-order valence-electron chi connectivity index (χ3n) is 2.99. The minimum absolute atomic E-state index is 0.489. The molecule has 1 nitrogen and oxygen atoms in total.